The molecule has 5 aromatic heterocycles. The second kappa shape index (κ2) is 14.3. The van der Waals surface area contributed by atoms with Gasteiger partial charge in [-0.3, -0.25) is 0 Å². The van der Waals surface area contributed by atoms with E-state index in [-0.39, 0.29) is 0 Å². The first-order valence-electron chi connectivity index (χ1n) is 22.8. The van der Waals surface area contributed by atoms with E-state index < -0.39 is 0 Å². The van der Waals surface area contributed by atoms with E-state index in [1.807, 2.05) is 29.5 Å². The Hall–Kier alpha value is -8.91. The van der Waals surface area contributed by atoms with E-state index in [0.717, 1.165) is 82.6 Å². The van der Waals surface area contributed by atoms with Gasteiger partial charge >= 0.3 is 0 Å². The van der Waals surface area contributed by atoms with Crippen LogP contribution in [0.5, 0.6) is 0 Å². The molecule has 0 atom stereocenters. The molecule has 0 radical (unpaired) electrons. The molecule has 6 nitrogen and oxygen atoms in total. The first-order valence-corrected chi connectivity index (χ1v) is 23.7. The Morgan fingerprint density at radius 3 is 1.76 bits per heavy atom. The maximum absolute atomic E-state index is 6.43. The number of fused-ring (bicyclic) bond motifs is 13. The summed E-state index contributed by atoms with van der Waals surface area (Å²) in [4.78, 5) is 16.2. The third-order valence-electron chi connectivity index (χ3n) is 13.7. The minimum absolute atomic E-state index is 0.574. The van der Waals surface area contributed by atoms with Crippen molar-refractivity contribution in [3.8, 4) is 45.5 Å². The minimum atomic E-state index is 0.574. The van der Waals surface area contributed by atoms with Crippen molar-refractivity contribution in [2.45, 2.75) is 0 Å². The first kappa shape index (κ1) is 37.3. The summed E-state index contributed by atoms with van der Waals surface area (Å²) >= 11 is 1.82. The van der Waals surface area contributed by atoms with Crippen molar-refractivity contribution in [3.05, 3.63) is 212 Å². The molecule has 0 spiro atoms. The minimum Gasteiger partial charge on any atom is -0.456 e. The lowest BCUT2D eigenvalue weighted by Crippen LogP contribution is -2.01. The largest absolute Gasteiger partial charge is 0.456 e. The molecule has 15 rings (SSSR count). The van der Waals surface area contributed by atoms with Gasteiger partial charge in [-0.15, -0.1) is 11.3 Å². The van der Waals surface area contributed by atoms with Gasteiger partial charge in [0.2, 0.25) is 0 Å². The molecule has 0 unspecified atom stereocenters. The Labute approximate surface area is 392 Å². The molecule has 5 heterocycles. The number of aromatic nitrogens is 5. The number of para-hydroxylation sites is 4. The fourth-order valence-electron chi connectivity index (χ4n) is 10.7. The number of thiophene rings is 1. The summed E-state index contributed by atoms with van der Waals surface area (Å²) < 4.78 is 13.6. The number of nitrogens with zero attached hydrogens (tertiary/aromatic N) is 5. The lowest BCUT2D eigenvalue weighted by atomic mass is 10.0. The van der Waals surface area contributed by atoms with Crippen molar-refractivity contribution in [1.82, 2.24) is 24.1 Å². The fourth-order valence-corrected chi connectivity index (χ4v) is 11.9. The van der Waals surface area contributed by atoms with Gasteiger partial charge in [0.1, 0.15) is 11.2 Å². The van der Waals surface area contributed by atoms with Gasteiger partial charge in [0.05, 0.1) is 32.5 Å². The lowest BCUT2D eigenvalue weighted by molar-refractivity contribution is 0.669. The van der Waals surface area contributed by atoms with Gasteiger partial charge < -0.3 is 13.6 Å². The van der Waals surface area contributed by atoms with Gasteiger partial charge in [-0.1, -0.05) is 121 Å². The van der Waals surface area contributed by atoms with Crippen molar-refractivity contribution in [2.75, 3.05) is 0 Å². The van der Waals surface area contributed by atoms with Crippen LogP contribution in [0.3, 0.4) is 0 Å². The van der Waals surface area contributed by atoms with Gasteiger partial charge in [-0.05, 0) is 102 Å². The highest BCUT2D eigenvalue weighted by molar-refractivity contribution is 7.26. The number of hydrogen-bond acceptors (Lipinski definition) is 5. The highest BCUT2D eigenvalue weighted by atomic mass is 32.1. The van der Waals surface area contributed by atoms with Crippen molar-refractivity contribution in [3.63, 3.8) is 0 Å². The molecule has 0 bridgehead atoms. The maximum Gasteiger partial charge on any atom is 0.164 e. The van der Waals surface area contributed by atoms with E-state index in [1.165, 1.54) is 42.0 Å². The van der Waals surface area contributed by atoms with Gasteiger partial charge in [0, 0.05) is 70.2 Å². The standard InChI is InChI=1S/C61H35N5OS/c1-2-16-40(17-3-1)65-49-22-10-6-18-41(49)47-33-38(27-30-51(47)65)59-62-60(39-26-28-44-43-20-8-12-24-54(43)67-55(44)35-39)64-61(63-59)46-29-31-52(58-57(46)45-21-9-13-25-56(45)68-58)66-50-23-11-7-19-42(50)48-32-36-14-4-5-15-37(36)34-53(48)66/h1-35H. The average Bonchev–Trinajstić information content (AvgIpc) is 4.15. The monoisotopic (exact) mass is 885 g/mol. The van der Waals surface area contributed by atoms with E-state index in [4.69, 9.17) is 19.4 Å². The zero-order chi connectivity index (χ0) is 44.5. The van der Waals surface area contributed by atoms with Gasteiger partial charge in [-0.2, -0.15) is 0 Å². The Kier molecular flexibility index (Phi) is 7.85. The molecule has 0 aliphatic carbocycles. The summed E-state index contributed by atoms with van der Waals surface area (Å²) in [5, 5.41) is 11.6. The van der Waals surface area contributed by atoms with E-state index in [9.17, 15) is 0 Å². The Morgan fingerprint density at radius 2 is 0.956 bits per heavy atom. The predicted octanol–water partition coefficient (Wildman–Crippen LogP) is 16.5. The van der Waals surface area contributed by atoms with Crippen molar-refractivity contribution in [2.24, 2.45) is 0 Å². The third kappa shape index (κ3) is 5.48. The van der Waals surface area contributed by atoms with Crippen LogP contribution in [0.25, 0.3) is 142 Å². The quantitative estimate of drug-likeness (QED) is 0.173. The van der Waals surface area contributed by atoms with Crippen LogP contribution in [0.1, 0.15) is 0 Å². The van der Waals surface area contributed by atoms with E-state index in [1.54, 1.807) is 0 Å². The SMILES string of the molecule is c1ccc(-n2c3ccccc3c3cc(-c4nc(-c5ccc6c(c5)oc5ccccc56)nc(-c5ccc(-n6c7ccccc7c7cc8ccccc8cc76)c6sc7ccccc7c56)n4)ccc32)cc1. The Morgan fingerprint density at radius 1 is 0.368 bits per heavy atom. The zero-order valence-electron chi connectivity index (χ0n) is 36.3. The van der Waals surface area contributed by atoms with Crippen molar-refractivity contribution in [1.29, 1.82) is 0 Å². The summed E-state index contributed by atoms with van der Waals surface area (Å²) in [7, 11) is 0. The normalized spacial score (nSPS) is 12.1. The summed E-state index contributed by atoms with van der Waals surface area (Å²) in [6, 6.07) is 75.5. The zero-order valence-corrected chi connectivity index (χ0v) is 37.1. The highest BCUT2D eigenvalue weighted by Crippen LogP contribution is 2.46. The molecule has 7 heteroatoms. The molecule has 0 aliphatic rings. The van der Waals surface area contributed by atoms with E-state index in [2.05, 4.69) is 203 Å². The smallest absolute Gasteiger partial charge is 0.164 e. The van der Waals surface area contributed by atoms with Gasteiger partial charge in [-0.25, -0.2) is 15.0 Å². The topological polar surface area (TPSA) is 61.7 Å². The molecule has 0 amide bonds. The highest BCUT2D eigenvalue weighted by Gasteiger charge is 2.23. The summed E-state index contributed by atoms with van der Waals surface area (Å²) in [5.74, 6) is 1.78. The molecule has 10 aromatic carbocycles. The van der Waals surface area contributed by atoms with Crippen LogP contribution in [0, 0.1) is 0 Å². The third-order valence-corrected chi connectivity index (χ3v) is 14.9. The Balaban J connectivity index is 0.995. The lowest BCUT2D eigenvalue weighted by Gasteiger charge is -2.14. The molecule has 0 saturated carbocycles. The van der Waals surface area contributed by atoms with Gasteiger partial charge in [0.15, 0.2) is 17.5 Å². The average molecular weight is 886 g/mol. The van der Waals surface area contributed by atoms with Crippen LogP contribution in [0.2, 0.25) is 0 Å². The maximum atomic E-state index is 6.43. The van der Waals surface area contributed by atoms with Crippen LogP contribution < -0.4 is 0 Å². The molecule has 0 N–H and O–H groups in total. The molecule has 15 aromatic rings. The number of hydrogen-bond donors (Lipinski definition) is 0. The fraction of sp³-hybridized carbons (Fsp3) is 0. The molecule has 316 valence electrons. The second-order valence-electron chi connectivity index (χ2n) is 17.5. The van der Waals surface area contributed by atoms with Crippen molar-refractivity contribution >= 4 is 108 Å². The second-order valence-corrected chi connectivity index (χ2v) is 18.6. The van der Waals surface area contributed by atoms with Crippen LogP contribution in [-0.4, -0.2) is 24.1 Å². The van der Waals surface area contributed by atoms with Crippen LogP contribution in [0.15, 0.2) is 217 Å². The summed E-state index contributed by atoms with van der Waals surface area (Å²) in [5.41, 5.74) is 11.2. The summed E-state index contributed by atoms with van der Waals surface area (Å²) in [6.07, 6.45) is 0. The predicted molar refractivity (Wildman–Crippen MR) is 282 cm³/mol. The van der Waals surface area contributed by atoms with Crippen LogP contribution in [-0.2, 0) is 0 Å². The Bertz CT molecular complexity index is 4580. The number of rotatable bonds is 5. The van der Waals surface area contributed by atoms with Crippen LogP contribution in [0.4, 0.5) is 0 Å². The van der Waals surface area contributed by atoms with Crippen molar-refractivity contribution < 1.29 is 4.42 Å². The van der Waals surface area contributed by atoms with E-state index in [0.29, 0.717) is 17.5 Å². The molecule has 68 heavy (non-hydrogen) atoms. The number of benzene rings is 10. The molecule has 0 fully saturated rings. The first-order chi connectivity index (χ1) is 33.7. The molecular weight excluding hydrogens is 851 g/mol. The molecular formula is C61H35N5OS. The van der Waals surface area contributed by atoms with Crippen LogP contribution >= 0.6 is 11.3 Å². The number of furan rings is 1. The molecule has 0 saturated heterocycles. The summed E-state index contributed by atoms with van der Waals surface area (Å²) in [6.45, 7) is 0. The van der Waals surface area contributed by atoms with E-state index >= 15 is 0 Å². The molecule has 0 aliphatic heterocycles. The van der Waals surface area contributed by atoms with Gasteiger partial charge in [0.25, 0.3) is 0 Å².